The lowest BCUT2D eigenvalue weighted by Gasteiger charge is -2.37. The lowest BCUT2D eigenvalue weighted by Crippen LogP contribution is -2.47. The van der Waals surface area contributed by atoms with Crippen molar-refractivity contribution in [2.24, 2.45) is 0 Å². The minimum atomic E-state index is 0.761. The monoisotopic (exact) mass is 409 g/mol. The fourth-order valence-electron chi connectivity index (χ4n) is 4.44. The van der Waals surface area contributed by atoms with Crippen LogP contribution in [0.2, 0.25) is 0 Å². The van der Waals surface area contributed by atoms with Gasteiger partial charge in [-0.3, -0.25) is 4.98 Å². The van der Waals surface area contributed by atoms with E-state index in [-0.39, 0.29) is 0 Å². The first-order valence-corrected chi connectivity index (χ1v) is 10.9. The number of hydrogen-bond donors (Lipinski definition) is 0. The summed E-state index contributed by atoms with van der Waals surface area (Å²) in [5.41, 5.74) is 6.29. The van der Waals surface area contributed by atoms with Gasteiger partial charge < -0.3 is 9.80 Å². The topological polar surface area (TPSA) is 45.2 Å². The number of aryl methyl sites for hydroxylation is 1. The fraction of sp³-hybridized carbons (Fsp3) is 0.269. The molecular weight excluding hydrogens is 382 g/mol. The molecule has 5 rings (SSSR count). The van der Waals surface area contributed by atoms with Gasteiger partial charge >= 0.3 is 0 Å². The standard InChI is InChI=1S/C26H27N5/c1-19-6-5-9-25(20(19)2)30-14-16-31(17-15-30)26-23-8-4-3-7-22(23)24(28-29-26)18-21-10-12-27-13-11-21/h3-13H,14-18H2,1-2H3. The second kappa shape index (κ2) is 8.34. The molecule has 4 aromatic rings. The SMILES string of the molecule is Cc1cccc(N2CCN(c3nnc(Cc4ccncc4)c4ccccc34)CC2)c1C. The highest BCUT2D eigenvalue weighted by Crippen LogP contribution is 2.29. The van der Waals surface area contributed by atoms with Crippen LogP contribution in [0.3, 0.4) is 0 Å². The van der Waals surface area contributed by atoms with Gasteiger partial charge in [-0.1, -0.05) is 36.4 Å². The quantitative estimate of drug-likeness (QED) is 0.494. The number of anilines is 2. The molecule has 0 N–H and O–H groups in total. The van der Waals surface area contributed by atoms with Crippen molar-refractivity contribution >= 4 is 22.3 Å². The summed E-state index contributed by atoms with van der Waals surface area (Å²) in [6, 6.07) is 19.2. The molecule has 1 aliphatic rings. The molecule has 1 fully saturated rings. The summed E-state index contributed by atoms with van der Waals surface area (Å²) in [6.07, 6.45) is 4.42. The molecule has 0 unspecified atom stereocenters. The van der Waals surface area contributed by atoms with E-state index in [1.807, 2.05) is 24.5 Å². The van der Waals surface area contributed by atoms with E-state index in [2.05, 4.69) is 76.2 Å². The first-order chi connectivity index (χ1) is 15.2. The van der Waals surface area contributed by atoms with Crippen LogP contribution in [0, 0.1) is 13.8 Å². The Balaban J connectivity index is 1.40. The molecule has 5 heteroatoms. The molecule has 0 bridgehead atoms. The second-order valence-corrected chi connectivity index (χ2v) is 8.24. The summed E-state index contributed by atoms with van der Waals surface area (Å²) < 4.78 is 0. The van der Waals surface area contributed by atoms with Crippen LogP contribution in [-0.4, -0.2) is 41.4 Å². The van der Waals surface area contributed by atoms with E-state index in [1.54, 1.807) is 0 Å². The molecule has 0 atom stereocenters. The highest BCUT2D eigenvalue weighted by Gasteiger charge is 2.22. The van der Waals surface area contributed by atoms with E-state index in [1.165, 1.54) is 33.2 Å². The molecule has 5 nitrogen and oxygen atoms in total. The molecule has 3 heterocycles. The average molecular weight is 410 g/mol. The molecule has 31 heavy (non-hydrogen) atoms. The van der Waals surface area contributed by atoms with Gasteiger partial charge in [0.1, 0.15) is 0 Å². The maximum Gasteiger partial charge on any atom is 0.159 e. The van der Waals surface area contributed by atoms with Crippen LogP contribution in [-0.2, 0) is 6.42 Å². The number of hydrogen-bond acceptors (Lipinski definition) is 5. The lowest BCUT2D eigenvalue weighted by atomic mass is 10.0. The van der Waals surface area contributed by atoms with Crippen LogP contribution in [0.15, 0.2) is 67.0 Å². The van der Waals surface area contributed by atoms with E-state index in [0.717, 1.165) is 44.1 Å². The van der Waals surface area contributed by atoms with Crippen molar-refractivity contribution in [3.05, 3.63) is 89.4 Å². The fourth-order valence-corrected chi connectivity index (χ4v) is 4.44. The van der Waals surface area contributed by atoms with Crippen LogP contribution in [0.25, 0.3) is 10.8 Å². The van der Waals surface area contributed by atoms with Crippen molar-refractivity contribution in [1.29, 1.82) is 0 Å². The van der Waals surface area contributed by atoms with Crippen LogP contribution in [0.4, 0.5) is 11.5 Å². The molecule has 156 valence electrons. The van der Waals surface area contributed by atoms with E-state index in [9.17, 15) is 0 Å². The molecule has 2 aromatic carbocycles. The zero-order chi connectivity index (χ0) is 21.2. The zero-order valence-electron chi connectivity index (χ0n) is 18.1. The normalized spacial score (nSPS) is 14.3. The van der Waals surface area contributed by atoms with Gasteiger partial charge in [0.25, 0.3) is 0 Å². The Kier molecular flexibility index (Phi) is 5.24. The van der Waals surface area contributed by atoms with E-state index in [4.69, 9.17) is 5.10 Å². The summed E-state index contributed by atoms with van der Waals surface area (Å²) >= 11 is 0. The Morgan fingerprint density at radius 1 is 0.742 bits per heavy atom. The third-order valence-corrected chi connectivity index (χ3v) is 6.36. The predicted molar refractivity (Wildman–Crippen MR) is 127 cm³/mol. The number of fused-ring (bicyclic) bond motifs is 1. The smallest absolute Gasteiger partial charge is 0.159 e. The molecule has 0 aliphatic carbocycles. The summed E-state index contributed by atoms with van der Waals surface area (Å²) in [7, 11) is 0. The highest BCUT2D eigenvalue weighted by atomic mass is 15.3. The van der Waals surface area contributed by atoms with Gasteiger partial charge in [0.05, 0.1) is 5.69 Å². The zero-order valence-corrected chi connectivity index (χ0v) is 18.1. The van der Waals surface area contributed by atoms with E-state index >= 15 is 0 Å². The molecule has 1 aliphatic heterocycles. The third-order valence-electron chi connectivity index (χ3n) is 6.36. The first kappa shape index (κ1) is 19.5. The molecule has 2 aromatic heterocycles. The van der Waals surface area contributed by atoms with Gasteiger partial charge in [0.2, 0.25) is 0 Å². The van der Waals surface area contributed by atoms with E-state index in [0.29, 0.717) is 0 Å². The Hall–Kier alpha value is -3.47. The highest BCUT2D eigenvalue weighted by molar-refractivity contribution is 5.93. The summed E-state index contributed by atoms with van der Waals surface area (Å²) in [6.45, 7) is 8.26. The summed E-state index contributed by atoms with van der Waals surface area (Å²) in [5.74, 6) is 0.995. The maximum absolute atomic E-state index is 4.70. The summed E-state index contributed by atoms with van der Waals surface area (Å²) in [4.78, 5) is 8.99. The number of rotatable bonds is 4. The Bertz CT molecular complexity index is 1200. The second-order valence-electron chi connectivity index (χ2n) is 8.24. The molecule has 0 spiro atoms. The number of piperazine rings is 1. The van der Waals surface area contributed by atoms with Crippen LogP contribution >= 0.6 is 0 Å². The minimum absolute atomic E-state index is 0.761. The number of pyridine rings is 1. The Morgan fingerprint density at radius 2 is 1.45 bits per heavy atom. The van der Waals surface area contributed by atoms with Crippen molar-refractivity contribution in [2.75, 3.05) is 36.0 Å². The molecule has 0 radical (unpaired) electrons. The van der Waals surface area contributed by atoms with Gasteiger partial charge in [-0.05, 0) is 48.7 Å². The van der Waals surface area contributed by atoms with E-state index < -0.39 is 0 Å². The molecule has 0 amide bonds. The maximum atomic E-state index is 4.70. The number of benzene rings is 2. The van der Waals surface area contributed by atoms with Gasteiger partial charge in [0.15, 0.2) is 5.82 Å². The predicted octanol–water partition coefficient (Wildman–Crippen LogP) is 4.56. The van der Waals surface area contributed by atoms with Gasteiger partial charge in [-0.25, -0.2) is 0 Å². The summed E-state index contributed by atoms with van der Waals surface area (Å²) in [5, 5.41) is 11.7. The number of aromatic nitrogens is 3. The molecule has 1 saturated heterocycles. The van der Waals surface area contributed by atoms with Crippen molar-refractivity contribution in [3.8, 4) is 0 Å². The molecular formula is C26H27N5. The Morgan fingerprint density at radius 3 is 2.23 bits per heavy atom. The van der Waals surface area contributed by atoms with Crippen LogP contribution in [0.5, 0.6) is 0 Å². The van der Waals surface area contributed by atoms with Crippen molar-refractivity contribution < 1.29 is 0 Å². The van der Waals surface area contributed by atoms with Crippen LogP contribution in [0.1, 0.15) is 22.4 Å². The first-order valence-electron chi connectivity index (χ1n) is 10.9. The third kappa shape index (κ3) is 3.83. The number of nitrogens with zero attached hydrogens (tertiary/aromatic N) is 5. The minimum Gasteiger partial charge on any atom is -0.368 e. The van der Waals surface area contributed by atoms with Crippen molar-refractivity contribution in [1.82, 2.24) is 15.2 Å². The van der Waals surface area contributed by atoms with Gasteiger partial charge in [0, 0.05) is 61.5 Å². The van der Waals surface area contributed by atoms with Crippen molar-refractivity contribution in [2.45, 2.75) is 20.3 Å². The van der Waals surface area contributed by atoms with Crippen LogP contribution < -0.4 is 9.80 Å². The Labute approximate surface area is 183 Å². The van der Waals surface area contributed by atoms with Gasteiger partial charge in [-0.15, -0.1) is 5.10 Å². The van der Waals surface area contributed by atoms with Gasteiger partial charge in [-0.2, -0.15) is 5.10 Å². The average Bonchev–Trinajstić information content (AvgIpc) is 2.82. The molecule has 0 saturated carbocycles. The lowest BCUT2D eigenvalue weighted by molar-refractivity contribution is 0.644. The van der Waals surface area contributed by atoms with Crippen molar-refractivity contribution in [3.63, 3.8) is 0 Å². The largest absolute Gasteiger partial charge is 0.368 e.